The Morgan fingerprint density at radius 2 is 1.07 bits per heavy atom. The molecule has 0 bridgehead atoms. The zero-order chi connectivity index (χ0) is 19.7. The number of hydrogen-bond acceptors (Lipinski definition) is 0. The largest absolute Gasteiger partial charge is 0.0695 e. The monoisotopic (exact) mass is 376 g/mol. The molecule has 0 aliphatic heterocycles. The van der Waals surface area contributed by atoms with Crippen molar-refractivity contribution < 1.29 is 0 Å². The van der Waals surface area contributed by atoms with Gasteiger partial charge in [0.05, 0.1) is 0 Å². The molecular formula is C26H36Si. The van der Waals surface area contributed by atoms with Crippen molar-refractivity contribution in [3.63, 3.8) is 0 Å². The lowest BCUT2D eigenvalue weighted by molar-refractivity contribution is 0.379. The van der Waals surface area contributed by atoms with Crippen LogP contribution in [0.3, 0.4) is 0 Å². The minimum atomic E-state index is -0.991. The predicted octanol–water partition coefficient (Wildman–Crippen LogP) is 8.24. The normalized spacial score (nSPS) is 12.8. The second kappa shape index (κ2) is 7.79. The summed E-state index contributed by atoms with van der Waals surface area (Å²) >= 11 is 0. The van der Waals surface area contributed by atoms with Gasteiger partial charge in [-0.2, -0.15) is 0 Å². The second-order valence-corrected chi connectivity index (χ2v) is 16.1. The maximum Gasteiger partial charge on any atom is 0.0442 e. The first-order chi connectivity index (χ1) is 12.7. The first kappa shape index (κ1) is 20.1. The molecule has 0 saturated heterocycles. The van der Waals surface area contributed by atoms with Gasteiger partial charge in [-0.3, -0.25) is 0 Å². The van der Waals surface area contributed by atoms with E-state index in [2.05, 4.69) is 88.9 Å². The standard InChI is InChI=1S/C26H36Si/c1-26(2,3)18-17-25-22-14-9-7-12-20(22)24(16-11-19-27(4,5)6)21-13-8-10-15-23(21)25/h7-10,12-15H,11,16-19H2,1-6H3. The van der Waals surface area contributed by atoms with Gasteiger partial charge in [-0.05, 0) is 57.3 Å². The van der Waals surface area contributed by atoms with Crippen molar-refractivity contribution in [3.05, 3.63) is 59.7 Å². The summed E-state index contributed by atoms with van der Waals surface area (Å²) in [4.78, 5) is 0. The van der Waals surface area contributed by atoms with E-state index < -0.39 is 8.07 Å². The van der Waals surface area contributed by atoms with Gasteiger partial charge in [-0.15, -0.1) is 0 Å². The Morgan fingerprint density at radius 3 is 1.44 bits per heavy atom. The quantitative estimate of drug-likeness (QED) is 0.300. The molecule has 144 valence electrons. The van der Waals surface area contributed by atoms with E-state index in [1.807, 2.05) is 0 Å². The molecule has 3 aromatic rings. The number of hydrogen-bond donors (Lipinski definition) is 0. The Bertz CT molecular complexity index is 865. The second-order valence-electron chi connectivity index (χ2n) is 10.5. The molecule has 0 unspecified atom stereocenters. The van der Waals surface area contributed by atoms with Crippen LogP contribution in [0.5, 0.6) is 0 Å². The van der Waals surface area contributed by atoms with Crippen molar-refractivity contribution in [1.29, 1.82) is 0 Å². The van der Waals surface area contributed by atoms with Gasteiger partial charge in [0.25, 0.3) is 0 Å². The van der Waals surface area contributed by atoms with E-state index in [1.54, 1.807) is 11.1 Å². The molecule has 0 amide bonds. The fourth-order valence-corrected chi connectivity index (χ4v) is 5.38. The van der Waals surface area contributed by atoms with Gasteiger partial charge in [0, 0.05) is 8.07 Å². The summed E-state index contributed by atoms with van der Waals surface area (Å²) < 4.78 is 0. The molecule has 0 aliphatic carbocycles. The lowest BCUT2D eigenvalue weighted by atomic mass is 9.84. The number of benzene rings is 3. The number of fused-ring (bicyclic) bond motifs is 2. The molecule has 0 aromatic heterocycles. The van der Waals surface area contributed by atoms with Crippen molar-refractivity contribution in [2.75, 3.05) is 0 Å². The van der Waals surface area contributed by atoms with Gasteiger partial charge in [-0.1, -0.05) is 101 Å². The molecule has 27 heavy (non-hydrogen) atoms. The molecule has 0 radical (unpaired) electrons. The molecule has 0 atom stereocenters. The summed E-state index contributed by atoms with van der Waals surface area (Å²) in [6.45, 7) is 14.5. The molecule has 0 saturated carbocycles. The van der Waals surface area contributed by atoms with E-state index in [1.165, 1.54) is 46.9 Å². The highest BCUT2D eigenvalue weighted by Gasteiger charge is 2.18. The summed E-state index contributed by atoms with van der Waals surface area (Å²) in [6, 6.07) is 19.7. The Balaban J connectivity index is 2.12. The molecule has 0 N–H and O–H groups in total. The highest BCUT2D eigenvalue weighted by Crippen LogP contribution is 2.36. The van der Waals surface area contributed by atoms with E-state index in [4.69, 9.17) is 0 Å². The van der Waals surface area contributed by atoms with Crippen LogP contribution in [0.15, 0.2) is 48.5 Å². The highest BCUT2D eigenvalue weighted by atomic mass is 28.3. The zero-order valence-corrected chi connectivity index (χ0v) is 19.2. The summed E-state index contributed by atoms with van der Waals surface area (Å²) in [7, 11) is -0.991. The van der Waals surface area contributed by atoms with Gasteiger partial charge in [0.15, 0.2) is 0 Å². The van der Waals surface area contributed by atoms with Crippen LogP contribution >= 0.6 is 0 Å². The minimum absolute atomic E-state index is 0.359. The fraction of sp³-hybridized carbons (Fsp3) is 0.462. The molecule has 0 spiro atoms. The Hall–Kier alpha value is -1.60. The van der Waals surface area contributed by atoms with Gasteiger partial charge in [0.2, 0.25) is 0 Å². The first-order valence-electron chi connectivity index (χ1n) is 10.6. The Kier molecular flexibility index (Phi) is 5.81. The van der Waals surface area contributed by atoms with Crippen LogP contribution in [-0.4, -0.2) is 8.07 Å². The van der Waals surface area contributed by atoms with Crippen molar-refractivity contribution in [2.45, 2.75) is 72.1 Å². The van der Waals surface area contributed by atoms with E-state index in [0.29, 0.717) is 5.41 Å². The Labute approximate surface area is 167 Å². The minimum Gasteiger partial charge on any atom is -0.0695 e. The SMILES string of the molecule is CC(C)(C)CCc1c2ccccc2c(CCC[Si](C)(C)C)c2ccccc12. The fourth-order valence-electron chi connectivity index (χ4n) is 4.14. The molecule has 3 aromatic carbocycles. The molecule has 0 heterocycles. The average Bonchev–Trinajstić information content (AvgIpc) is 2.58. The van der Waals surface area contributed by atoms with Crippen LogP contribution in [0.25, 0.3) is 21.5 Å². The molecule has 3 rings (SSSR count). The maximum absolute atomic E-state index is 2.48. The van der Waals surface area contributed by atoms with Crippen molar-refractivity contribution in [2.24, 2.45) is 5.41 Å². The van der Waals surface area contributed by atoms with Crippen LogP contribution in [0.4, 0.5) is 0 Å². The van der Waals surface area contributed by atoms with Crippen LogP contribution in [-0.2, 0) is 12.8 Å². The van der Waals surface area contributed by atoms with Gasteiger partial charge in [-0.25, -0.2) is 0 Å². The lowest BCUT2D eigenvalue weighted by Crippen LogP contribution is -2.19. The molecule has 0 nitrogen and oxygen atoms in total. The summed E-state index contributed by atoms with van der Waals surface area (Å²) in [6.07, 6.45) is 4.88. The first-order valence-corrected chi connectivity index (χ1v) is 14.3. The number of aryl methyl sites for hydroxylation is 2. The van der Waals surface area contributed by atoms with E-state index in [-0.39, 0.29) is 0 Å². The van der Waals surface area contributed by atoms with E-state index >= 15 is 0 Å². The average molecular weight is 377 g/mol. The maximum atomic E-state index is 2.48. The summed E-state index contributed by atoms with van der Waals surface area (Å²) in [5.41, 5.74) is 3.47. The van der Waals surface area contributed by atoms with Crippen molar-refractivity contribution in [1.82, 2.24) is 0 Å². The molecular weight excluding hydrogens is 340 g/mol. The smallest absolute Gasteiger partial charge is 0.0442 e. The lowest BCUT2D eigenvalue weighted by Gasteiger charge is -2.22. The topological polar surface area (TPSA) is 0 Å². The van der Waals surface area contributed by atoms with Crippen LogP contribution in [0.2, 0.25) is 25.7 Å². The van der Waals surface area contributed by atoms with Crippen molar-refractivity contribution in [3.8, 4) is 0 Å². The van der Waals surface area contributed by atoms with Crippen LogP contribution in [0.1, 0.15) is 44.7 Å². The summed E-state index contributed by atoms with van der Waals surface area (Å²) in [5.74, 6) is 0. The third kappa shape index (κ3) is 5.02. The van der Waals surface area contributed by atoms with Crippen LogP contribution < -0.4 is 0 Å². The Morgan fingerprint density at radius 1 is 0.667 bits per heavy atom. The summed E-state index contributed by atoms with van der Waals surface area (Å²) in [5, 5.41) is 5.92. The van der Waals surface area contributed by atoms with Crippen LogP contribution in [0, 0.1) is 5.41 Å². The van der Waals surface area contributed by atoms with Crippen molar-refractivity contribution >= 4 is 29.6 Å². The van der Waals surface area contributed by atoms with Gasteiger partial charge < -0.3 is 0 Å². The molecule has 0 aliphatic rings. The molecule has 0 fully saturated rings. The van der Waals surface area contributed by atoms with Gasteiger partial charge >= 0.3 is 0 Å². The predicted molar refractivity (Wildman–Crippen MR) is 126 cm³/mol. The molecule has 1 heteroatoms. The third-order valence-electron chi connectivity index (χ3n) is 5.63. The van der Waals surface area contributed by atoms with Gasteiger partial charge in [0.1, 0.15) is 0 Å². The zero-order valence-electron chi connectivity index (χ0n) is 18.2. The third-order valence-corrected chi connectivity index (χ3v) is 7.49. The van der Waals surface area contributed by atoms with E-state index in [0.717, 1.165) is 6.42 Å². The highest BCUT2D eigenvalue weighted by molar-refractivity contribution is 6.76. The number of rotatable bonds is 6. The van der Waals surface area contributed by atoms with E-state index in [9.17, 15) is 0 Å².